The van der Waals surface area contributed by atoms with Crippen molar-refractivity contribution in [2.45, 2.75) is 0 Å². The van der Waals surface area contributed by atoms with Crippen molar-refractivity contribution < 1.29 is 0 Å². The first kappa shape index (κ1) is 9.06. The van der Waals surface area contributed by atoms with Crippen molar-refractivity contribution in [3.8, 4) is 0 Å². The van der Waals surface area contributed by atoms with E-state index in [0.717, 1.165) is 0 Å². The maximum Gasteiger partial charge on any atom is 0.119 e. The SMILES string of the molecule is CN(C)N.Cn1cnnc1. The van der Waals surface area contributed by atoms with Gasteiger partial charge in [-0.25, -0.2) is 0 Å². The summed E-state index contributed by atoms with van der Waals surface area (Å²) in [6.07, 6.45) is 3.28. The van der Waals surface area contributed by atoms with Gasteiger partial charge < -0.3 is 4.57 Å². The number of nitrogens with zero attached hydrogens (tertiary/aromatic N) is 4. The van der Waals surface area contributed by atoms with Crippen molar-refractivity contribution in [1.82, 2.24) is 19.8 Å². The van der Waals surface area contributed by atoms with Crippen molar-refractivity contribution in [3.63, 3.8) is 0 Å². The highest BCUT2D eigenvalue weighted by Crippen LogP contribution is 1.66. The van der Waals surface area contributed by atoms with Crippen molar-refractivity contribution in [2.75, 3.05) is 14.1 Å². The predicted molar refractivity (Wildman–Crippen MR) is 38.9 cm³/mol. The molecule has 0 saturated carbocycles. The Hall–Kier alpha value is -0.940. The molecule has 1 aromatic heterocycles. The third-order valence-electron chi connectivity index (χ3n) is 0.534. The molecule has 0 aliphatic carbocycles. The minimum atomic E-state index is 1.50. The van der Waals surface area contributed by atoms with Crippen molar-refractivity contribution in [1.29, 1.82) is 0 Å². The van der Waals surface area contributed by atoms with Crippen LogP contribution in [-0.2, 0) is 7.05 Å². The highest BCUT2D eigenvalue weighted by molar-refractivity contribution is 4.52. The van der Waals surface area contributed by atoms with Crippen molar-refractivity contribution in [3.05, 3.63) is 12.7 Å². The highest BCUT2D eigenvalue weighted by Gasteiger charge is 1.70. The van der Waals surface area contributed by atoms with Gasteiger partial charge in [0.05, 0.1) is 0 Å². The van der Waals surface area contributed by atoms with Gasteiger partial charge in [-0.3, -0.25) is 10.9 Å². The Bertz CT molecular complexity index is 142. The molecule has 1 aromatic rings. The fraction of sp³-hybridized carbons (Fsp3) is 0.600. The molecule has 0 bridgehead atoms. The second-order valence-corrected chi connectivity index (χ2v) is 2.09. The quantitative estimate of drug-likeness (QED) is 0.383. The van der Waals surface area contributed by atoms with E-state index in [1.54, 1.807) is 31.3 Å². The van der Waals surface area contributed by atoms with Gasteiger partial charge in [0.15, 0.2) is 0 Å². The summed E-state index contributed by atoms with van der Waals surface area (Å²) in [6, 6.07) is 0. The summed E-state index contributed by atoms with van der Waals surface area (Å²) in [4.78, 5) is 0. The number of hydrogen-bond donors (Lipinski definition) is 1. The minimum Gasteiger partial charge on any atom is -0.323 e. The van der Waals surface area contributed by atoms with Gasteiger partial charge in [-0.05, 0) is 0 Å². The molecule has 0 amide bonds. The number of aryl methyl sites for hydroxylation is 1. The molecule has 0 atom stereocenters. The van der Waals surface area contributed by atoms with Gasteiger partial charge in [0.25, 0.3) is 0 Å². The lowest BCUT2D eigenvalue weighted by atomic mass is 11.1. The fourth-order valence-corrected chi connectivity index (χ4v) is 0.252. The molecule has 5 heteroatoms. The summed E-state index contributed by atoms with van der Waals surface area (Å²) in [7, 11) is 5.43. The van der Waals surface area contributed by atoms with Gasteiger partial charge in [0.2, 0.25) is 0 Å². The molecular weight excluding hydrogens is 130 g/mol. The molecule has 0 aliphatic rings. The van der Waals surface area contributed by atoms with E-state index in [4.69, 9.17) is 5.84 Å². The lowest BCUT2D eigenvalue weighted by molar-refractivity contribution is 0.432. The van der Waals surface area contributed by atoms with E-state index < -0.39 is 0 Å². The van der Waals surface area contributed by atoms with Crippen LogP contribution in [0.25, 0.3) is 0 Å². The molecule has 0 spiro atoms. The summed E-state index contributed by atoms with van der Waals surface area (Å²) >= 11 is 0. The molecule has 0 fully saturated rings. The van der Waals surface area contributed by atoms with Crippen molar-refractivity contribution >= 4 is 0 Å². The van der Waals surface area contributed by atoms with Crippen LogP contribution in [0.15, 0.2) is 12.7 Å². The van der Waals surface area contributed by atoms with Crippen LogP contribution in [-0.4, -0.2) is 33.9 Å². The van der Waals surface area contributed by atoms with E-state index in [1.165, 1.54) is 5.01 Å². The van der Waals surface area contributed by atoms with Gasteiger partial charge in [0, 0.05) is 21.1 Å². The van der Waals surface area contributed by atoms with Gasteiger partial charge in [0.1, 0.15) is 12.7 Å². The first-order chi connectivity index (χ1) is 4.63. The Kier molecular flexibility index (Phi) is 4.43. The maximum absolute atomic E-state index is 4.94. The van der Waals surface area contributed by atoms with Crippen LogP contribution in [0.4, 0.5) is 0 Å². The lowest BCUT2D eigenvalue weighted by Crippen LogP contribution is -2.18. The molecule has 0 aliphatic heterocycles. The second-order valence-electron chi connectivity index (χ2n) is 2.09. The Morgan fingerprint density at radius 3 is 1.70 bits per heavy atom. The van der Waals surface area contributed by atoms with Crippen LogP contribution in [0.2, 0.25) is 0 Å². The number of nitrogens with two attached hydrogens (primary N) is 1. The largest absolute Gasteiger partial charge is 0.323 e. The van der Waals surface area contributed by atoms with Crippen LogP contribution < -0.4 is 5.84 Å². The van der Waals surface area contributed by atoms with E-state index in [1.807, 2.05) is 7.05 Å². The smallest absolute Gasteiger partial charge is 0.119 e. The topological polar surface area (TPSA) is 60.0 Å². The lowest BCUT2D eigenvalue weighted by Gasteiger charge is -1.91. The second kappa shape index (κ2) is 4.89. The summed E-state index contributed by atoms with van der Waals surface area (Å²) in [5.41, 5.74) is 0. The van der Waals surface area contributed by atoms with Gasteiger partial charge in [-0.1, -0.05) is 0 Å². The first-order valence-electron chi connectivity index (χ1n) is 2.83. The molecule has 58 valence electrons. The minimum absolute atomic E-state index is 1.50. The third kappa shape index (κ3) is 7.06. The highest BCUT2D eigenvalue weighted by atomic mass is 15.4. The standard InChI is InChI=1S/C3H5N3.C2H8N2/c1-6-2-4-5-3-6;1-4(2)3/h2-3H,1H3;3H2,1-2H3. The van der Waals surface area contributed by atoms with E-state index >= 15 is 0 Å². The third-order valence-corrected chi connectivity index (χ3v) is 0.534. The Morgan fingerprint density at radius 1 is 1.30 bits per heavy atom. The van der Waals surface area contributed by atoms with E-state index in [0.29, 0.717) is 0 Å². The molecule has 10 heavy (non-hydrogen) atoms. The zero-order valence-corrected chi connectivity index (χ0v) is 6.52. The molecule has 2 N–H and O–H groups in total. The summed E-state index contributed by atoms with van der Waals surface area (Å²) in [5, 5.41) is 8.57. The first-order valence-corrected chi connectivity index (χ1v) is 2.83. The molecule has 0 radical (unpaired) electrons. The zero-order chi connectivity index (χ0) is 7.98. The molecule has 5 nitrogen and oxygen atoms in total. The monoisotopic (exact) mass is 143 g/mol. The summed E-state index contributed by atoms with van der Waals surface area (Å²) in [5.74, 6) is 4.94. The Morgan fingerprint density at radius 2 is 1.60 bits per heavy atom. The Balaban J connectivity index is 0.000000180. The van der Waals surface area contributed by atoms with Crippen LogP contribution in [0.1, 0.15) is 0 Å². The van der Waals surface area contributed by atoms with Crippen molar-refractivity contribution in [2.24, 2.45) is 12.9 Å². The van der Waals surface area contributed by atoms with Gasteiger partial charge in [-0.2, -0.15) is 0 Å². The number of hydrazine groups is 1. The van der Waals surface area contributed by atoms with Crippen LogP contribution in [0.3, 0.4) is 0 Å². The van der Waals surface area contributed by atoms with Crippen LogP contribution >= 0.6 is 0 Å². The van der Waals surface area contributed by atoms with E-state index in [-0.39, 0.29) is 0 Å². The summed E-state index contributed by atoms with van der Waals surface area (Å²) < 4.78 is 1.78. The maximum atomic E-state index is 4.94. The van der Waals surface area contributed by atoms with Crippen LogP contribution in [0.5, 0.6) is 0 Å². The van der Waals surface area contributed by atoms with Gasteiger partial charge in [-0.15, -0.1) is 10.2 Å². The van der Waals surface area contributed by atoms with E-state index in [2.05, 4.69) is 10.2 Å². The molecule has 0 unspecified atom stereocenters. The molecule has 0 saturated heterocycles. The number of rotatable bonds is 0. The normalized spacial score (nSPS) is 8.90. The van der Waals surface area contributed by atoms with Crippen LogP contribution in [0, 0.1) is 0 Å². The average molecular weight is 143 g/mol. The molecule has 1 rings (SSSR count). The summed E-state index contributed by atoms with van der Waals surface area (Å²) in [6.45, 7) is 0. The fourth-order valence-electron chi connectivity index (χ4n) is 0.252. The Labute approximate surface area is 60.4 Å². The average Bonchev–Trinajstić information content (AvgIpc) is 2.15. The zero-order valence-electron chi connectivity index (χ0n) is 6.52. The number of aromatic nitrogens is 3. The predicted octanol–water partition coefficient (Wildman–Crippen LogP) is -0.763. The molecule has 0 aromatic carbocycles. The number of hydrogen-bond acceptors (Lipinski definition) is 4. The molecule has 1 heterocycles. The van der Waals surface area contributed by atoms with E-state index in [9.17, 15) is 0 Å². The van der Waals surface area contributed by atoms with Gasteiger partial charge >= 0.3 is 0 Å². The molecular formula is C5H13N5.